The number of aromatic amines is 1. The number of halogens is 2. The van der Waals surface area contributed by atoms with Crippen LogP contribution in [0.1, 0.15) is 41.9 Å². The maximum absolute atomic E-state index is 14.5. The van der Waals surface area contributed by atoms with Crippen molar-refractivity contribution < 1.29 is 18.4 Å². The summed E-state index contributed by atoms with van der Waals surface area (Å²) in [5.41, 5.74) is 0.552. The summed E-state index contributed by atoms with van der Waals surface area (Å²) in [5, 5.41) is 4.61. The van der Waals surface area contributed by atoms with Gasteiger partial charge in [0, 0.05) is 30.9 Å². The molecule has 0 aliphatic carbocycles. The predicted molar refractivity (Wildman–Crippen MR) is 102 cm³/mol. The molecule has 1 aliphatic heterocycles. The van der Waals surface area contributed by atoms with Crippen LogP contribution in [0.2, 0.25) is 5.02 Å². The van der Waals surface area contributed by atoms with Crippen LogP contribution in [0.25, 0.3) is 11.6 Å². The molecule has 2 unspecified atom stereocenters. The third-order valence-electron chi connectivity index (χ3n) is 5.11. The molecule has 1 saturated heterocycles. The molecule has 0 aromatic carbocycles. The van der Waals surface area contributed by atoms with E-state index in [0.29, 0.717) is 29.0 Å². The summed E-state index contributed by atoms with van der Waals surface area (Å²) in [7, 11) is 1.31. The van der Waals surface area contributed by atoms with Crippen molar-refractivity contribution in [1.29, 1.82) is 0 Å². The number of hydrogen-bond donors (Lipinski definition) is 1. The van der Waals surface area contributed by atoms with Gasteiger partial charge in [-0.25, -0.2) is 9.37 Å². The Kier molecular flexibility index (Phi) is 5.23. The van der Waals surface area contributed by atoms with Crippen molar-refractivity contribution in [3.05, 3.63) is 46.8 Å². The molecular weight excluding hydrogens is 401 g/mol. The van der Waals surface area contributed by atoms with Crippen molar-refractivity contribution in [2.45, 2.75) is 31.7 Å². The fourth-order valence-electron chi connectivity index (χ4n) is 3.49. The lowest BCUT2D eigenvalue weighted by molar-refractivity contribution is 0.0599. The zero-order valence-electron chi connectivity index (χ0n) is 15.9. The van der Waals surface area contributed by atoms with Crippen LogP contribution in [0.5, 0.6) is 5.88 Å². The number of carbonyl (C=O) groups excluding carboxylic acids is 1. The number of hydrogen-bond acceptors (Lipinski definition) is 6. The Morgan fingerprint density at radius 2 is 2.28 bits per heavy atom. The van der Waals surface area contributed by atoms with Crippen molar-refractivity contribution >= 4 is 17.5 Å². The number of H-pyrrole nitrogens is 1. The quantitative estimate of drug-likeness (QED) is 0.693. The first-order valence-corrected chi connectivity index (χ1v) is 9.53. The van der Waals surface area contributed by atoms with Gasteiger partial charge in [0.15, 0.2) is 11.6 Å². The molecule has 8 nitrogen and oxygen atoms in total. The van der Waals surface area contributed by atoms with Crippen LogP contribution in [0, 0.1) is 5.82 Å². The normalized spacial score (nSPS) is 19.4. The second kappa shape index (κ2) is 7.82. The van der Waals surface area contributed by atoms with Crippen LogP contribution in [-0.4, -0.2) is 50.6 Å². The topological polar surface area (TPSA) is 97.1 Å². The maximum atomic E-state index is 14.5. The number of rotatable bonds is 4. The van der Waals surface area contributed by atoms with Crippen molar-refractivity contribution in [2.24, 2.45) is 0 Å². The van der Waals surface area contributed by atoms with Gasteiger partial charge >= 0.3 is 0 Å². The Hall–Kier alpha value is -2.94. The number of ether oxygens (including phenoxy) is 1. The van der Waals surface area contributed by atoms with Crippen molar-refractivity contribution in [2.75, 3.05) is 13.7 Å². The molecule has 4 heterocycles. The molecule has 29 heavy (non-hydrogen) atoms. The molecule has 1 N–H and O–H groups in total. The lowest BCUT2D eigenvalue weighted by atomic mass is 9.92. The molecule has 10 heteroatoms. The number of likely N-dealkylation sites (tertiary alicyclic amines) is 1. The Morgan fingerprint density at radius 3 is 3.00 bits per heavy atom. The molecule has 0 radical (unpaired) electrons. The van der Waals surface area contributed by atoms with Gasteiger partial charge in [-0.15, -0.1) is 0 Å². The monoisotopic (exact) mass is 419 g/mol. The van der Waals surface area contributed by atoms with Gasteiger partial charge < -0.3 is 19.1 Å². The van der Waals surface area contributed by atoms with Crippen LogP contribution < -0.4 is 4.74 Å². The van der Waals surface area contributed by atoms with Gasteiger partial charge in [0.25, 0.3) is 17.7 Å². The van der Waals surface area contributed by atoms with Crippen LogP contribution in [0.15, 0.2) is 29.0 Å². The van der Waals surface area contributed by atoms with E-state index in [1.807, 2.05) is 6.92 Å². The van der Waals surface area contributed by atoms with Gasteiger partial charge in [-0.1, -0.05) is 16.8 Å². The molecule has 0 spiro atoms. The third-order valence-corrected chi connectivity index (χ3v) is 5.33. The highest BCUT2D eigenvalue weighted by Gasteiger charge is 2.34. The van der Waals surface area contributed by atoms with Crippen LogP contribution >= 0.6 is 11.6 Å². The second-order valence-electron chi connectivity index (χ2n) is 6.95. The molecule has 0 saturated carbocycles. The minimum atomic E-state index is -0.764. The Morgan fingerprint density at radius 1 is 1.45 bits per heavy atom. The molecule has 152 valence electrons. The minimum absolute atomic E-state index is 0.0501. The van der Waals surface area contributed by atoms with E-state index in [0.717, 1.165) is 12.8 Å². The number of pyridine rings is 1. The summed E-state index contributed by atoms with van der Waals surface area (Å²) in [6.45, 7) is 2.29. The van der Waals surface area contributed by atoms with Crippen molar-refractivity contribution in [1.82, 2.24) is 25.0 Å². The van der Waals surface area contributed by atoms with Crippen LogP contribution in [0.3, 0.4) is 0 Å². The molecular formula is C19H19ClFN5O3. The molecule has 3 aromatic heterocycles. The minimum Gasteiger partial charge on any atom is -0.479 e. The van der Waals surface area contributed by atoms with Gasteiger partial charge in [0.1, 0.15) is 5.69 Å². The first kappa shape index (κ1) is 19.4. The number of piperidine rings is 1. The molecule has 4 rings (SSSR count). The first-order valence-electron chi connectivity index (χ1n) is 9.15. The molecule has 2 atom stereocenters. The zero-order chi connectivity index (χ0) is 20.5. The lowest BCUT2D eigenvalue weighted by Crippen LogP contribution is -2.45. The number of carbonyl (C=O) groups is 1. The summed E-state index contributed by atoms with van der Waals surface area (Å²) in [6, 6.07) is 3.00. The summed E-state index contributed by atoms with van der Waals surface area (Å²) in [5.74, 6) is -0.675. The average Bonchev–Trinajstić information content (AvgIpc) is 3.37. The first-order chi connectivity index (χ1) is 14.0. The molecule has 1 aliphatic rings. The fraction of sp³-hybridized carbons (Fsp3) is 0.368. The summed E-state index contributed by atoms with van der Waals surface area (Å²) >= 11 is 5.92. The van der Waals surface area contributed by atoms with Gasteiger partial charge in [-0.05, 0) is 31.9 Å². The van der Waals surface area contributed by atoms with Crippen LogP contribution in [0.4, 0.5) is 4.39 Å². The van der Waals surface area contributed by atoms with Gasteiger partial charge in [-0.2, -0.15) is 4.98 Å². The molecule has 1 fully saturated rings. The molecule has 0 bridgehead atoms. The Labute approximate surface area is 171 Å². The highest BCUT2D eigenvalue weighted by Crippen LogP contribution is 2.31. The Balaban J connectivity index is 1.56. The maximum Gasteiger partial charge on any atom is 0.274 e. The van der Waals surface area contributed by atoms with Gasteiger partial charge in [0.05, 0.1) is 17.7 Å². The highest BCUT2D eigenvalue weighted by atomic mass is 35.5. The van der Waals surface area contributed by atoms with E-state index in [-0.39, 0.29) is 23.4 Å². The van der Waals surface area contributed by atoms with Gasteiger partial charge in [-0.3, -0.25) is 4.79 Å². The number of methoxy groups -OCH3 is 1. The average molecular weight is 420 g/mol. The van der Waals surface area contributed by atoms with Gasteiger partial charge in [0.2, 0.25) is 0 Å². The highest BCUT2D eigenvalue weighted by molar-refractivity contribution is 6.30. The predicted octanol–water partition coefficient (Wildman–Crippen LogP) is 3.67. The zero-order valence-corrected chi connectivity index (χ0v) is 16.6. The Bertz CT molecular complexity index is 1040. The SMILES string of the molecule is COc1nccc(C(=O)N2CC(c3noc(-c4cc(Cl)c[nH]4)n3)CCC2C)c1F. The van der Waals surface area contributed by atoms with E-state index in [1.165, 1.54) is 19.4 Å². The van der Waals surface area contributed by atoms with E-state index >= 15 is 0 Å². The van der Waals surface area contributed by atoms with Crippen molar-refractivity contribution in [3.8, 4) is 17.5 Å². The van der Waals surface area contributed by atoms with E-state index in [2.05, 4.69) is 20.1 Å². The lowest BCUT2D eigenvalue weighted by Gasteiger charge is -2.37. The summed E-state index contributed by atoms with van der Waals surface area (Å²) in [4.78, 5) is 25.8. The number of nitrogens with zero attached hydrogens (tertiary/aromatic N) is 4. The van der Waals surface area contributed by atoms with E-state index in [9.17, 15) is 9.18 Å². The summed E-state index contributed by atoms with van der Waals surface area (Å²) in [6.07, 6.45) is 4.51. The van der Waals surface area contributed by atoms with E-state index in [4.69, 9.17) is 20.9 Å². The van der Waals surface area contributed by atoms with E-state index < -0.39 is 11.7 Å². The number of aromatic nitrogens is 4. The standard InChI is InChI=1S/C19H19ClFN5O3/c1-10-3-4-11(16-24-17(29-25-16)14-7-12(20)8-23-14)9-26(10)19(27)13-5-6-22-18(28-2)15(13)21/h5-8,10-11,23H,3-4,9H2,1-2H3. The van der Waals surface area contributed by atoms with Crippen molar-refractivity contribution in [3.63, 3.8) is 0 Å². The van der Waals surface area contributed by atoms with Crippen LogP contribution in [-0.2, 0) is 0 Å². The molecule has 3 aromatic rings. The summed E-state index contributed by atoms with van der Waals surface area (Å²) < 4.78 is 24.7. The van der Waals surface area contributed by atoms with E-state index in [1.54, 1.807) is 17.2 Å². The third kappa shape index (κ3) is 3.69. The smallest absolute Gasteiger partial charge is 0.274 e. The second-order valence-corrected chi connectivity index (χ2v) is 7.39. The fourth-order valence-corrected chi connectivity index (χ4v) is 3.65. The molecule has 1 amide bonds. The number of nitrogens with one attached hydrogen (secondary N) is 1. The number of amides is 1. The largest absolute Gasteiger partial charge is 0.479 e.